The predicted molar refractivity (Wildman–Crippen MR) is 35.2 cm³/mol. The second kappa shape index (κ2) is 2.67. The van der Waals surface area contributed by atoms with Crippen molar-refractivity contribution in [3.05, 3.63) is 0 Å². The first-order chi connectivity index (χ1) is 4.24. The van der Waals surface area contributed by atoms with Gasteiger partial charge in [0.25, 0.3) is 0 Å². The van der Waals surface area contributed by atoms with E-state index in [4.69, 9.17) is 4.74 Å². The molecule has 0 aromatic rings. The topological polar surface area (TPSA) is 29.5 Å². The average molecular weight is 130 g/mol. The van der Waals surface area contributed by atoms with E-state index in [1.807, 2.05) is 6.92 Å². The van der Waals surface area contributed by atoms with Gasteiger partial charge in [-0.25, -0.2) is 0 Å². The minimum absolute atomic E-state index is 0.0509. The van der Waals surface area contributed by atoms with E-state index >= 15 is 0 Å². The van der Waals surface area contributed by atoms with Crippen molar-refractivity contribution in [3.8, 4) is 0 Å². The smallest absolute Gasteiger partial charge is 0.0823 e. The Morgan fingerprint density at radius 1 is 1.67 bits per heavy atom. The molecule has 0 aromatic carbocycles. The molecule has 0 saturated carbocycles. The van der Waals surface area contributed by atoms with E-state index in [-0.39, 0.29) is 12.2 Å². The molecule has 54 valence electrons. The zero-order valence-electron chi connectivity index (χ0n) is 6.00. The van der Waals surface area contributed by atoms with Crippen LogP contribution in [-0.4, -0.2) is 23.4 Å². The first-order valence-corrected chi connectivity index (χ1v) is 3.57. The summed E-state index contributed by atoms with van der Waals surface area (Å²) in [6, 6.07) is 0. The molecule has 0 radical (unpaired) electrons. The SMILES string of the molecule is CCC1C[C@@H](O)C(C)O1. The molecule has 1 N–H and O–H groups in total. The molecule has 0 spiro atoms. The third-order valence-electron chi connectivity index (χ3n) is 1.91. The van der Waals surface area contributed by atoms with Crippen molar-refractivity contribution < 1.29 is 9.84 Å². The number of hydrogen-bond donors (Lipinski definition) is 1. The van der Waals surface area contributed by atoms with Crippen molar-refractivity contribution in [2.75, 3.05) is 0 Å². The maximum Gasteiger partial charge on any atom is 0.0823 e. The van der Waals surface area contributed by atoms with Crippen molar-refractivity contribution in [3.63, 3.8) is 0 Å². The largest absolute Gasteiger partial charge is 0.390 e. The first-order valence-electron chi connectivity index (χ1n) is 3.57. The van der Waals surface area contributed by atoms with Crippen molar-refractivity contribution in [2.24, 2.45) is 0 Å². The van der Waals surface area contributed by atoms with E-state index in [1.54, 1.807) is 0 Å². The highest BCUT2D eigenvalue weighted by Crippen LogP contribution is 2.21. The highest BCUT2D eigenvalue weighted by atomic mass is 16.5. The molecule has 1 saturated heterocycles. The molecular formula is C7H14O2. The number of aliphatic hydroxyl groups excluding tert-OH is 1. The van der Waals surface area contributed by atoms with Crippen LogP contribution in [0.15, 0.2) is 0 Å². The van der Waals surface area contributed by atoms with Crippen LogP contribution >= 0.6 is 0 Å². The molecule has 0 aliphatic carbocycles. The first kappa shape index (κ1) is 7.03. The number of ether oxygens (including phenoxy) is 1. The summed E-state index contributed by atoms with van der Waals surface area (Å²) in [7, 11) is 0. The zero-order valence-corrected chi connectivity index (χ0v) is 6.00. The summed E-state index contributed by atoms with van der Waals surface area (Å²) >= 11 is 0. The van der Waals surface area contributed by atoms with Crippen molar-refractivity contribution in [1.29, 1.82) is 0 Å². The van der Waals surface area contributed by atoms with Crippen molar-refractivity contribution in [2.45, 2.75) is 45.0 Å². The Balaban J connectivity index is 2.35. The molecule has 9 heavy (non-hydrogen) atoms. The lowest BCUT2D eigenvalue weighted by atomic mass is 10.1. The van der Waals surface area contributed by atoms with E-state index in [0.717, 1.165) is 12.8 Å². The van der Waals surface area contributed by atoms with Crippen LogP contribution in [0.25, 0.3) is 0 Å². The molecule has 1 heterocycles. The van der Waals surface area contributed by atoms with Gasteiger partial charge in [0.15, 0.2) is 0 Å². The molecular weight excluding hydrogens is 116 g/mol. The van der Waals surface area contributed by atoms with Crippen molar-refractivity contribution >= 4 is 0 Å². The highest BCUT2D eigenvalue weighted by molar-refractivity contribution is 4.77. The molecule has 1 fully saturated rings. The predicted octanol–water partition coefficient (Wildman–Crippen LogP) is 0.935. The van der Waals surface area contributed by atoms with Crippen LogP contribution in [0.4, 0.5) is 0 Å². The lowest BCUT2D eigenvalue weighted by molar-refractivity contribution is 0.0212. The fourth-order valence-corrected chi connectivity index (χ4v) is 1.17. The normalized spacial score (nSPS) is 43.7. The molecule has 0 aromatic heterocycles. The van der Waals surface area contributed by atoms with Crippen LogP contribution in [0.5, 0.6) is 0 Å². The Labute approximate surface area is 55.8 Å². The number of aliphatic hydroxyl groups is 1. The Morgan fingerprint density at radius 2 is 2.33 bits per heavy atom. The Bertz CT molecular complexity index is 82.9. The lowest BCUT2D eigenvalue weighted by Crippen LogP contribution is -2.15. The van der Waals surface area contributed by atoms with E-state index in [9.17, 15) is 5.11 Å². The van der Waals surface area contributed by atoms with E-state index in [1.165, 1.54) is 0 Å². The molecule has 2 heteroatoms. The Kier molecular flexibility index (Phi) is 2.09. The van der Waals surface area contributed by atoms with Gasteiger partial charge in [-0.1, -0.05) is 6.92 Å². The Hall–Kier alpha value is -0.0800. The van der Waals surface area contributed by atoms with Crippen molar-refractivity contribution in [1.82, 2.24) is 0 Å². The van der Waals surface area contributed by atoms with Crippen LogP contribution in [-0.2, 0) is 4.74 Å². The van der Waals surface area contributed by atoms with E-state index in [2.05, 4.69) is 6.92 Å². The van der Waals surface area contributed by atoms with Crippen LogP contribution < -0.4 is 0 Å². The van der Waals surface area contributed by atoms with Crippen LogP contribution in [0.1, 0.15) is 26.7 Å². The number of rotatable bonds is 1. The van der Waals surface area contributed by atoms with Gasteiger partial charge < -0.3 is 9.84 Å². The summed E-state index contributed by atoms with van der Waals surface area (Å²) in [6.07, 6.45) is 1.96. The molecule has 0 amide bonds. The molecule has 1 aliphatic rings. The third kappa shape index (κ3) is 1.43. The van der Waals surface area contributed by atoms with E-state index in [0.29, 0.717) is 6.10 Å². The van der Waals surface area contributed by atoms with Crippen LogP contribution in [0, 0.1) is 0 Å². The summed E-state index contributed by atoms with van der Waals surface area (Å²) in [6.45, 7) is 4.00. The molecule has 2 nitrogen and oxygen atoms in total. The van der Waals surface area contributed by atoms with Gasteiger partial charge in [0.1, 0.15) is 0 Å². The maximum atomic E-state index is 9.17. The minimum atomic E-state index is -0.227. The highest BCUT2D eigenvalue weighted by Gasteiger charge is 2.28. The minimum Gasteiger partial charge on any atom is -0.390 e. The average Bonchev–Trinajstić information content (AvgIpc) is 2.13. The maximum absolute atomic E-state index is 9.17. The van der Waals surface area contributed by atoms with Crippen LogP contribution in [0.3, 0.4) is 0 Å². The fraction of sp³-hybridized carbons (Fsp3) is 1.00. The second-order valence-corrected chi connectivity index (χ2v) is 2.67. The third-order valence-corrected chi connectivity index (χ3v) is 1.91. The Morgan fingerprint density at radius 3 is 2.56 bits per heavy atom. The van der Waals surface area contributed by atoms with E-state index < -0.39 is 0 Å². The zero-order chi connectivity index (χ0) is 6.85. The summed E-state index contributed by atoms with van der Waals surface area (Å²) in [5, 5.41) is 9.17. The van der Waals surface area contributed by atoms with Gasteiger partial charge in [-0.2, -0.15) is 0 Å². The standard InChI is InChI=1S/C7H14O2/c1-3-6-4-7(8)5(2)9-6/h5-8H,3-4H2,1-2H3/t5?,6?,7-/m1/s1. The quantitative estimate of drug-likeness (QED) is 0.572. The summed E-state index contributed by atoms with van der Waals surface area (Å²) in [5.41, 5.74) is 0. The van der Waals surface area contributed by atoms with Gasteiger partial charge in [-0.15, -0.1) is 0 Å². The summed E-state index contributed by atoms with van der Waals surface area (Å²) < 4.78 is 5.37. The van der Waals surface area contributed by atoms with Gasteiger partial charge >= 0.3 is 0 Å². The monoisotopic (exact) mass is 130 g/mol. The van der Waals surface area contributed by atoms with Gasteiger partial charge in [0.05, 0.1) is 18.3 Å². The fourth-order valence-electron chi connectivity index (χ4n) is 1.17. The molecule has 1 aliphatic heterocycles. The van der Waals surface area contributed by atoms with Gasteiger partial charge in [-0.3, -0.25) is 0 Å². The molecule has 2 unspecified atom stereocenters. The summed E-state index contributed by atoms with van der Waals surface area (Å²) in [5.74, 6) is 0. The molecule has 3 atom stereocenters. The number of hydrogen-bond acceptors (Lipinski definition) is 2. The lowest BCUT2D eigenvalue weighted by Gasteiger charge is -2.06. The van der Waals surface area contributed by atoms with Crippen LogP contribution in [0.2, 0.25) is 0 Å². The molecule has 1 rings (SSSR count). The second-order valence-electron chi connectivity index (χ2n) is 2.67. The molecule has 0 bridgehead atoms. The van der Waals surface area contributed by atoms with Gasteiger partial charge in [-0.05, 0) is 13.3 Å². The van der Waals surface area contributed by atoms with Gasteiger partial charge in [0, 0.05) is 6.42 Å². The summed E-state index contributed by atoms with van der Waals surface area (Å²) in [4.78, 5) is 0. The van der Waals surface area contributed by atoms with Gasteiger partial charge in [0.2, 0.25) is 0 Å².